The van der Waals surface area contributed by atoms with Crippen molar-refractivity contribution in [2.24, 2.45) is 0 Å². The Bertz CT molecular complexity index is 916. The zero-order chi connectivity index (χ0) is 20.2. The molecule has 27 heavy (non-hydrogen) atoms. The molecule has 0 fully saturated rings. The number of hydrogen-bond donors (Lipinski definition) is 2. The molecule has 0 aliphatic rings. The summed E-state index contributed by atoms with van der Waals surface area (Å²) in [5, 5.41) is 2.72. The van der Waals surface area contributed by atoms with Crippen molar-refractivity contribution in [1.29, 1.82) is 0 Å². The van der Waals surface area contributed by atoms with E-state index in [-0.39, 0.29) is 10.8 Å². The second-order valence-corrected chi connectivity index (χ2v) is 8.59. The second-order valence-electron chi connectivity index (χ2n) is 6.90. The molecule has 0 aliphatic heterocycles. The lowest BCUT2D eigenvalue weighted by atomic mass is 10.1. The predicted molar refractivity (Wildman–Crippen MR) is 104 cm³/mol. The Hall–Kier alpha value is -2.58. The average molecular weight is 392 g/mol. The van der Waals surface area contributed by atoms with E-state index in [2.05, 4.69) is 10.0 Å². The molecule has 0 aromatic heterocycles. The van der Waals surface area contributed by atoms with Crippen LogP contribution in [-0.2, 0) is 10.0 Å². The largest absolute Gasteiger partial charge is 0.493 e. The Morgan fingerprint density at radius 2 is 1.52 bits per heavy atom. The van der Waals surface area contributed by atoms with Gasteiger partial charge in [0.05, 0.1) is 19.1 Å². The minimum Gasteiger partial charge on any atom is -0.493 e. The molecule has 0 spiro atoms. The third kappa shape index (κ3) is 5.45. The van der Waals surface area contributed by atoms with Crippen molar-refractivity contribution in [2.45, 2.75) is 31.2 Å². The lowest BCUT2D eigenvalue weighted by Gasteiger charge is -2.20. The van der Waals surface area contributed by atoms with Gasteiger partial charge in [0.2, 0.25) is 10.0 Å². The highest BCUT2D eigenvalue weighted by Gasteiger charge is 2.21. The molecule has 0 saturated heterocycles. The van der Waals surface area contributed by atoms with E-state index >= 15 is 0 Å². The second kappa shape index (κ2) is 7.98. The molecule has 8 heteroatoms. The van der Waals surface area contributed by atoms with Crippen LogP contribution in [0.15, 0.2) is 47.4 Å². The topological polar surface area (TPSA) is 93.7 Å². The molecule has 0 saturated carbocycles. The summed E-state index contributed by atoms with van der Waals surface area (Å²) in [7, 11) is -0.619. The fourth-order valence-electron chi connectivity index (χ4n) is 2.36. The van der Waals surface area contributed by atoms with Crippen LogP contribution in [0.5, 0.6) is 11.5 Å². The first-order valence-electron chi connectivity index (χ1n) is 8.23. The number of methoxy groups -OCH3 is 2. The predicted octanol–water partition coefficient (Wildman–Crippen LogP) is 3.03. The highest BCUT2D eigenvalue weighted by Crippen LogP contribution is 2.28. The van der Waals surface area contributed by atoms with E-state index in [1.54, 1.807) is 39.0 Å². The van der Waals surface area contributed by atoms with E-state index in [1.165, 1.54) is 38.5 Å². The van der Waals surface area contributed by atoms with E-state index in [0.717, 1.165) is 0 Å². The van der Waals surface area contributed by atoms with Crippen molar-refractivity contribution in [1.82, 2.24) is 4.72 Å². The van der Waals surface area contributed by atoms with Gasteiger partial charge in [-0.15, -0.1) is 0 Å². The van der Waals surface area contributed by atoms with Crippen molar-refractivity contribution < 1.29 is 22.7 Å². The van der Waals surface area contributed by atoms with Gasteiger partial charge in [-0.3, -0.25) is 4.79 Å². The van der Waals surface area contributed by atoms with Gasteiger partial charge in [0.1, 0.15) is 0 Å². The number of benzene rings is 2. The number of carbonyl (C=O) groups is 1. The van der Waals surface area contributed by atoms with Gasteiger partial charge >= 0.3 is 0 Å². The molecule has 0 heterocycles. The maximum atomic E-state index is 12.4. The molecule has 2 aromatic rings. The summed E-state index contributed by atoms with van der Waals surface area (Å²) in [6.45, 7) is 5.30. The van der Waals surface area contributed by atoms with Gasteiger partial charge in [0.15, 0.2) is 11.5 Å². The molecule has 0 radical (unpaired) electrons. The van der Waals surface area contributed by atoms with Crippen LogP contribution in [0.25, 0.3) is 0 Å². The molecule has 1 amide bonds. The quantitative estimate of drug-likeness (QED) is 0.788. The van der Waals surface area contributed by atoms with Crippen LogP contribution in [0.2, 0.25) is 0 Å². The first-order chi connectivity index (χ1) is 12.6. The van der Waals surface area contributed by atoms with Crippen molar-refractivity contribution >= 4 is 21.6 Å². The fourth-order valence-corrected chi connectivity index (χ4v) is 3.78. The van der Waals surface area contributed by atoms with Crippen LogP contribution in [0, 0.1) is 0 Å². The fraction of sp³-hybridized carbons (Fsp3) is 0.316. The summed E-state index contributed by atoms with van der Waals surface area (Å²) < 4.78 is 37.5. The number of amides is 1. The van der Waals surface area contributed by atoms with E-state index in [9.17, 15) is 13.2 Å². The van der Waals surface area contributed by atoms with Gasteiger partial charge in [0, 0.05) is 16.8 Å². The highest BCUT2D eigenvalue weighted by atomic mass is 32.2. The molecule has 2 aromatic carbocycles. The Labute approximate surface area is 159 Å². The Morgan fingerprint density at radius 3 is 2.04 bits per heavy atom. The summed E-state index contributed by atoms with van der Waals surface area (Å²) in [5.74, 6) is 0.620. The summed E-state index contributed by atoms with van der Waals surface area (Å²) >= 11 is 0. The van der Waals surface area contributed by atoms with Crippen LogP contribution >= 0.6 is 0 Å². The van der Waals surface area contributed by atoms with Crippen LogP contribution in [0.3, 0.4) is 0 Å². The number of hydrogen-bond acceptors (Lipinski definition) is 5. The van der Waals surface area contributed by atoms with Gasteiger partial charge in [-0.05, 0) is 63.2 Å². The zero-order valence-electron chi connectivity index (χ0n) is 16.0. The monoisotopic (exact) mass is 392 g/mol. The Morgan fingerprint density at radius 1 is 0.926 bits per heavy atom. The number of ether oxygens (including phenoxy) is 2. The van der Waals surface area contributed by atoms with Crippen LogP contribution in [-0.4, -0.2) is 34.1 Å². The molecule has 0 aliphatic carbocycles. The minimum atomic E-state index is -3.63. The standard InChI is InChI=1S/C19H24N2O5S/c1-19(2,3)21-27(23,24)15-9-7-14(8-10-15)20-18(22)13-6-11-16(25-4)17(12-13)26-5/h6-12,21H,1-5H3,(H,20,22). The number of sulfonamides is 1. The van der Waals surface area contributed by atoms with Crippen LogP contribution in [0.4, 0.5) is 5.69 Å². The van der Waals surface area contributed by atoms with E-state index in [4.69, 9.17) is 9.47 Å². The molecule has 146 valence electrons. The highest BCUT2D eigenvalue weighted by molar-refractivity contribution is 7.89. The Kier molecular flexibility index (Phi) is 6.12. The van der Waals surface area contributed by atoms with Gasteiger partial charge in [-0.2, -0.15) is 0 Å². The molecule has 0 unspecified atom stereocenters. The summed E-state index contributed by atoms with van der Waals surface area (Å²) in [5.41, 5.74) is 0.280. The van der Waals surface area contributed by atoms with Crippen molar-refractivity contribution in [3.05, 3.63) is 48.0 Å². The summed E-state index contributed by atoms with van der Waals surface area (Å²) in [4.78, 5) is 12.5. The van der Waals surface area contributed by atoms with Gasteiger partial charge < -0.3 is 14.8 Å². The number of anilines is 1. The minimum absolute atomic E-state index is 0.126. The molecule has 2 N–H and O–H groups in total. The normalized spacial score (nSPS) is 11.7. The van der Waals surface area contributed by atoms with Crippen LogP contribution in [0.1, 0.15) is 31.1 Å². The lowest BCUT2D eigenvalue weighted by molar-refractivity contribution is 0.102. The first-order valence-corrected chi connectivity index (χ1v) is 9.71. The molecule has 0 bridgehead atoms. The number of nitrogens with one attached hydrogen (secondary N) is 2. The number of carbonyl (C=O) groups excluding carboxylic acids is 1. The summed E-state index contributed by atoms with van der Waals surface area (Å²) in [6.07, 6.45) is 0. The molecular weight excluding hydrogens is 368 g/mol. The SMILES string of the molecule is COc1ccc(C(=O)Nc2ccc(S(=O)(=O)NC(C)(C)C)cc2)cc1OC. The maximum Gasteiger partial charge on any atom is 0.255 e. The zero-order valence-corrected chi connectivity index (χ0v) is 16.8. The van der Waals surface area contributed by atoms with Crippen LogP contribution < -0.4 is 19.5 Å². The van der Waals surface area contributed by atoms with Crippen molar-refractivity contribution in [3.63, 3.8) is 0 Å². The van der Waals surface area contributed by atoms with Crippen molar-refractivity contribution in [3.8, 4) is 11.5 Å². The Balaban J connectivity index is 2.16. The van der Waals surface area contributed by atoms with E-state index < -0.39 is 15.6 Å². The molecular formula is C19H24N2O5S. The average Bonchev–Trinajstić information content (AvgIpc) is 2.59. The van der Waals surface area contributed by atoms with E-state index in [0.29, 0.717) is 22.7 Å². The van der Waals surface area contributed by atoms with E-state index in [1.807, 2.05) is 0 Å². The third-order valence-corrected chi connectivity index (χ3v) is 5.28. The first kappa shape index (κ1) is 20.7. The van der Waals surface area contributed by atoms with Gasteiger partial charge in [-0.25, -0.2) is 13.1 Å². The lowest BCUT2D eigenvalue weighted by Crippen LogP contribution is -2.40. The molecule has 0 atom stereocenters. The van der Waals surface area contributed by atoms with Crippen molar-refractivity contribution in [2.75, 3.05) is 19.5 Å². The molecule has 7 nitrogen and oxygen atoms in total. The third-order valence-electron chi connectivity index (χ3n) is 3.51. The smallest absolute Gasteiger partial charge is 0.255 e. The van der Waals surface area contributed by atoms with Gasteiger partial charge in [-0.1, -0.05) is 0 Å². The maximum absolute atomic E-state index is 12.4. The summed E-state index contributed by atoms with van der Waals surface area (Å²) in [6, 6.07) is 10.8. The van der Waals surface area contributed by atoms with Gasteiger partial charge in [0.25, 0.3) is 5.91 Å². The molecule has 2 rings (SSSR count). The number of rotatable bonds is 6.